The monoisotopic (exact) mass is 382 g/mol. The molecule has 8 heteroatoms. The Morgan fingerprint density at radius 1 is 1.00 bits per heavy atom. The maximum absolute atomic E-state index is 13.2. The molecule has 0 aliphatic rings. The molecule has 144 valence electrons. The third kappa shape index (κ3) is 4.73. The van der Waals surface area contributed by atoms with Crippen molar-refractivity contribution < 1.29 is 19.1 Å². The first-order valence-electron chi connectivity index (χ1n) is 8.70. The number of benzene rings is 2. The second kappa shape index (κ2) is 8.81. The Hall–Kier alpha value is -3.68. The number of rotatable bonds is 7. The Morgan fingerprint density at radius 3 is 2.46 bits per heavy atom. The minimum atomic E-state index is -0.607. The van der Waals surface area contributed by atoms with Crippen LogP contribution in [0.15, 0.2) is 54.6 Å². The molecule has 0 spiro atoms. The number of aromatic amines is 1. The minimum Gasteiger partial charge on any atom is -0.507 e. The fourth-order valence-corrected chi connectivity index (χ4v) is 2.57. The predicted molar refractivity (Wildman–Crippen MR) is 101 cm³/mol. The fraction of sp³-hybridized carbons (Fsp3) is 0.150. The van der Waals surface area contributed by atoms with Crippen molar-refractivity contribution in [2.45, 2.75) is 6.42 Å². The molecule has 0 bridgehead atoms. The zero-order valence-electron chi connectivity index (χ0n) is 14.9. The van der Waals surface area contributed by atoms with E-state index < -0.39 is 11.7 Å². The molecule has 0 saturated carbocycles. The van der Waals surface area contributed by atoms with E-state index in [-0.39, 0.29) is 23.8 Å². The number of aromatic hydroxyl groups is 1. The number of hydrogen-bond donors (Lipinski definition) is 4. The van der Waals surface area contributed by atoms with Crippen molar-refractivity contribution in [2.24, 2.45) is 0 Å². The largest absolute Gasteiger partial charge is 0.507 e. The average Bonchev–Trinajstić information content (AvgIpc) is 3.20. The molecular formula is C20H19FN4O3. The molecular weight excluding hydrogens is 363 g/mol. The van der Waals surface area contributed by atoms with Crippen LogP contribution >= 0.6 is 0 Å². The molecule has 0 radical (unpaired) electrons. The van der Waals surface area contributed by atoms with E-state index in [0.29, 0.717) is 24.4 Å². The molecule has 7 nitrogen and oxygen atoms in total. The normalized spacial score (nSPS) is 10.5. The molecule has 0 fully saturated rings. The third-order valence-corrected chi connectivity index (χ3v) is 4.02. The van der Waals surface area contributed by atoms with E-state index in [4.69, 9.17) is 0 Å². The summed E-state index contributed by atoms with van der Waals surface area (Å²) in [5.74, 6) is -1.78. The first-order chi connectivity index (χ1) is 13.5. The number of carbonyl (C=O) groups is 2. The van der Waals surface area contributed by atoms with Crippen molar-refractivity contribution in [3.05, 3.63) is 71.7 Å². The molecule has 2 aromatic carbocycles. The zero-order chi connectivity index (χ0) is 19.9. The number of carbonyl (C=O) groups excluding carboxylic acids is 2. The van der Waals surface area contributed by atoms with Crippen molar-refractivity contribution in [1.82, 2.24) is 20.8 Å². The molecule has 0 aliphatic heterocycles. The van der Waals surface area contributed by atoms with Gasteiger partial charge in [0.2, 0.25) is 0 Å². The van der Waals surface area contributed by atoms with Crippen LogP contribution in [0.1, 0.15) is 27.3 Å². The van der Waals surface area contributed by atoms with Gasteiger partial charge in [-0.15, -0.1) is 0 Å². The van der Waals surface area contributed by atoms with Crippen molar-refractivity contribution in [2.75, 3.05) is 13.1 Å². The Morgan fingerprint density at radius 2 is 1.71 bits per heavy atom. The molecule has 0 unspecified atom stereocenters. The molecule has 2 amide bonds. The van der Waals surface area contributed by atoms with E-state index in [1.165, 1.54) is 0 Å². The Labute approximate surface area is 160 Å². The number of phenols is 1. The summed E-state index contributed by atoms with van der Waals surface area (Å²) >= 11 is 0. The molecule has 1 heterocycles. The maximum Gasteiger partial charge on any atom is 0.269 e. The highest BCUT2D eigenvalue weighted by atomic mass is 19.1. The van der Waals surface area contributed by atoms with Gasteiger partial charge >= 0.3 is 0 Å². The van der Waals surface area contributed by atoms with Gasteiger partial charge in [0.1, 0.15) is 17.3 Å². The summed E-state index contributed by atoms with van der Waals surface area (Å²) in [6.07, 6.45) is 0.466. The lowest BCUT2D eigenvalue weighted by atomic mass is 10.1. The van der Waals surface area contributed by atoms with Crippen LogP contribution < -0.4 is 10.6 Å². The molecule has 3 aromatic rings. The number of amides is 2. The highest BCUT2D eigenvalue weighted by Gasteiger charge is 2.12. The summed E-state index contributed by atoms with van der Waals surface area (Å²) in [5.41, 5.74) is 1.79. The maximum atomic E-state index is 13.2. The first-order valence-corrected chi connectivity index (χ1v) is 8.70. The predicted octanol–water partition coefficient (Wildman–Crippen LogP) is 2.47. The Bertz CT molecular complexity index is 973. The van der Waals surface area contributed by atoms with Gasteiger partial charge in [0, 0.05) is 18.7 Å². The van der Waals surface area contributed by atoms with Crippen LogP contribution in [0.25, 0.3) is 11.3 Å². The van der Waals surface area contributed by atoms with Crippen molar-refractivity contribution in [3.8, 4) is 17.0 Å². The number of phenolic OH excluding ortho intramolecular Hbond substituents is 1. The van der Waals surface area contributed by atoms with Crippen LogP contribution in [-0.4, -0.2) is 40.2 Å². The summed E-state index contributed by atoms with van der Waals surface area (Å²) in [6, 6.07) is 14.3. The highest BCUT2D eigenvalue weighted by Crippen LogP contribution is 2.18. The van der Waals surface area contributed by atoms with E-state index in [1.54, 1.807) is 6.07 Å². The zero-order valence-corrected chi connectivity index (χ0v) is 14.9. The van der Waals surface area contributed by atoms with Gasteiger partial charge in [-0.05, 0) is 30.7 Å². The topological polar surface area (TPSA) is 107 Å². The van der Waals surface area contributed by atoms with Gasteiger partial charge in [0.15, 0.2) is 0 Å². The van der Waals surface area contributed by atoms with E-state index >= 15 is 0 Å². The van der Waals surface area contributed by atoms with Crippen LogP contribution in [0.4, 0.5) is 4.39 Å². The van der Waals surface area contributed by atoms with Crippen LogP contribution in [0, 0.1) is 5.82 Å². The Balaban J connectivity index is 1.43. The SMILES string of the molecule is O=C(NCCCNC(=O)c1cc(F)ccc1O)c1cc(-c2ccccc2)n[nH]1. The number of nitrogens with zero attached hydrogens (tertiary/aromatic N) is 1. The molecule has 4 N–H and O–H groups in total. The minimum absolute atomic E-state index is 0.130. The number of hydrogen-bond acceptors (Lipinski definition) is 4. The lowest BCUT2D eigenvalue weighted by molar-refractivity contribution is 0.0947. The summed E-state index contributed by atoms with van der Waals surface area (Å²) in [6.45, 7) is 0.585. The molecule has 0 atom stereocenters. The number of H-pyrrole nitrogens is 1. The number of nitrogens with one attached hydrogen (secondary N) is 3. The van der Waals surface area contributed by atoms with Gasteiger partial charge in [-0.1, -0.05) is 30.3 Å². The van der Waals surface area contributed by atoms with Crippen LogP contribution in [0.2, 0.25) is 0 Å². The third-order valence-electron chi connectivity index (χ3n) is 4.02. The van der Waals surface area contributed by atoms with Crippen molar-refractivity contribution in [1.29, 1.82) is 0 Å². The molecule has 1 aromatic heterocycles. The van der Waals surface area contributed by atoms with Gasteiger partial charge in [0.05, 0.1) is 11.3 Å². The van der Waals surface area contributed by atoms with Crippen molar-refractivity contribution in [3.63, 3.8) is 0 Å². The van der Waals surface area contributed by atoms with Crippen molar-refractivity contribution >= 4 is 11.8 Å². The average molecular weight is 382 g/mol. The Kier molecular flexibility index (Phi) is 6.01. The number of aromatic nitrogens is 2. The second-order valence-electron chi connectivity index (χ2n) is 6.06. The van der Waals surface area contributed by atoms with E-state index in [0.717, 1.165) is 23.8 Å². The van der Waals surface area contributed by atoms with Crippen LogP contribution in [0.3, 0.4) is 0 Å². The summed E-state index contributed by atoms with van der Waals surface area (Å²) in [7, 11) is 0. The van der Waals surface area contributed by atoms with Gasteiger partial charge in [-0.2, -0.15) is 5.10 Å². The fourth-order valence-electron chi connectivity index (χ4n) is 2.57. The number of halogens is 1. The molecule has 0 aliphatic carbocycles. The smallest absolute Gasteiger partial charge is 0.269 e. The summed E-state index contributed by atoms with van der Waals surface area (Å²) < 4.78 is 13.2. The van der Waals surface area contributed by atoms with Gasteiger partial charge in [-0.3, -0.25) is 14.7 Å². The van der Waals surface area contributed by atoms with Crippen LogP contribution in [0.5, 0.6) is 5.75 Å². The summed E-state index contributed by atoms with van der Waals surface area (Å²) in [5, 5.41) is 21.7. The molecule has 28 heavy (non-hydrogen) atoms. The van der Waals surface area contributed by atoms with E-state index in [9.17, 15) is 19.1 Å². The van der Waals surface area contributed by atoms with Crippen LogP contribution in [-0.2, 0) is 0 Å². The lowest BCUT2D eigenvalue weighted by Crippen LogP contribution is -2.30. The van der Waals surface area contributed by atoms with E-state index in [1.807, 2.05) is 30.3 Å². The molecule has 0 saturated heterocycles. The quantitative estimate of drug-likeness (QED) is 0.471. The lowest BCUT2D eigenvalue weighted by Gasteiger charge is -2.07. The first kappa shape index (κ1) is 19.1. The van der Waals surface area contributed by atoms with Gasteiger partial charge in [-0.25, -0.2) is 4.39 Å². The summed E-state index contributed by atoms with van der Waals surface area (Å²) in [4.78, 5) is 24.1. The standard InChI is InChI=1S/C20H19FN4O3/c21-14-7-8-18(26)15(11-14)19(27)22-9-4-10-23-20(28)17-12-16(24-25-17)13-5-2-1-3-6-13/h1-3,5-8,11-12,26H,4,9-10H2,(H,22,27)(H,23,28)(H,24,25). The molecule has 3 rings (SSSR count). The van der Waals surface area contributed by atoms with Gasteiger partial charge < -0.3 is 15.7 Å². The van der Waals surface area contributed by atoms with Gasteiger partial charge in [0.25, 0.3) is 11.8 Å². The van der Waals surface area contributed by atoms with E-state index in [2.05, 4.69) is 20.8 Å². The highest BCUT2D eigenvalue weighted by molar-refractivity contribution is 5.96. The second-order valence-corrected chi connectivity index (χ2v) is 6.06.